The van der Waals surface area contributed by atoms with Crippen LogP contribution in [0.15, 0.2) is 30.3 Å². The molecule has 2 nitrogen and oxygen atoms in total. The zero-order chi connectivity index (χ0) is 13.8. The molecule has 0 amide bonds. The Bertz CT molecular complexity index is 468. The average molecular weight is 259 g/mol. The molecule has 0 unspecified atom stereocenters. The van der Waals surface area contributed by atoms with E-state index < -0.39 is 12.0 Å². The van der Waals surface area contributed by atoms with Crippen LogP contribution in [0.2, 0.25) is 0 Å². The van der Waals surface area contributed by atoms with E-state index in [4.69, 9.17) is 5.26 Å². The van der Waals surface area contributed by atoms with Crippen LogP contribution >= 0.6 is 0 Å². The Morgan fingerprint density at radius 1 is 1.17 bits per heavy atom. The lowest BCUT2D eigenvalue weighted by molar-refractivity contribution is -0.301. The van der Waals surface area contributed by atoms with Gasteiger partial charge in [0.25, 0.3) is 0 Å². The highest BCUT2D eigenvalue weighted by Gasteiger charge is 2.55. The molecule has 0 saturated heterocycles. The van der Waals surface area contributed by atoms with Crippen LogP contribution in [0, 0.1) is 11.3 Å². The first-order valence-electron chi connectivity index (χ1n) is 4.87. The number of nitrogens with zero attached hydrogens (tertiary/aromatic N) is 1. The first kappa shape index (κ1) is 14.0. The zero-order valence-electron chi connectivity index (χ0n) is 9.33. The fourth-order valence-electron chi connectivity index (χ4n) is 1.02. The molecule has 96 valence electrons. The minimum Gasteiger partial charge on any atom is -0.428 e. The summed E-state index contributed by atoms with van der Waals surface area (Å²) in [5, 5.41) is 8.28. The lowest BCUT2D eigenvalue weighted by atomic mass is 10.2. The molecular formula is C12H9F4NO. The highest BCUT2D eigenvalue weighted by Crippen LogP contribution is 2.35. The molecule has 1 rings (SSSR count). The number of benzene rings is 1. The van der Waals surface area contributed by atoms with E-state index in [2.05, 4.69) is 4.74 Å². The second-order valence-corrected chi connectivity index (χ2v) is 3.54. The predicted octanol–water partition coefficient (Wildman–Crippen LogP) is 3.85. The van der Waals surface area contributed by atoms with Crippen LogP contribution in [0.5, 0.6) is 5.75 Å². The topological polar surface area (TPSA) is 33.0 Å². The number of rotatable bonds is 4. The zero-order valence-corrected chi connectivity index (χ0v) is 9.33. The molecule has 18 heavy (non-hydrogen) atoms. The average Bonchev–Trinajstić information content (AvgIpc) is 2.26. The number of hydrogen-bond acceptors (Lipinski definition) is 2. The van der Waals surface area contributed by atoms with E-state index in [1.807, 2.05) is 0 Å². The maximum Gasteiger partial charge on any atom is 0.463 e. The Balaban J connectivity index is 2.82. The van der Waals surface area contributed by atoms with Gasteiger partial charge in [-0.15, -0.1) is 0 Å². The molecule has 0 aliphatic heterocycles. The minimum atomic E-state index is -4.57. The second kappa shape index (κ2) is 5.08. The number of ether oxygens (including phenoxy) is 1. The van der Waals surface area contributed by atoms with Gasteiger partial charge in [0.2, 0.25) is 0 Å². The molecule has 0 aliphatic carbocycles. The van der Waals surface area contributed by atoms with Gasteiger partial charge < -0.3 is 4.74 Å². The van der Waals surface area contributed by atoms with Crippen LogP contribution in [0.1, 0.15) is 12.5 Å². The van der Waals surface area contributed by atoms with Crippen LogP contribution < -0.4 is 4.74 Å². The van der Waals surface area contributed by atoms with Gasteiger partial charge in [0.15, 0.2) is 0 Å². The van der Waals surface area contributed by atoms with E-state index in [9.17, 15) is 17.6 Å². The lowest BCUT2D eigenvalue weighted by Gasteiger charge is -2.23. The Hall–Kier alpha value is -2.03. The van der Waals surface area contributed by atoms with Crippen molar-refractivity contribution in [2.24, 2.45) is 0 Å². The maximum absolute atomic E-state index is 12.9. The molecule has 1 aromatic rings. The van der Waals surface area contributed by atoms with E-state index in [0.29, 0.717) is 5.56 Å². The quantitative estimate of drug-likeness (QED) is 0.607. The van der Waals surface area contributed by atoms with Gasteiger partial charge in [0.05, 0.1) is 6.07 Å². The van der Waals surface area contributed by atoms with E-state index >= 15 is 0 Å². The second-order valence-electron chi connectivity index (χ2n) is 3.54. The summed E-state index contributed by atoms with van der Waals surface area (Å²) in [6, 6.07) is 6.74. The van der Waals surface area contributed by atoms with Crippen molar-refractivity contribution in [2.45, 2.75) is 19.0 Å². The monoisotopic (exact) mass is 259 g/mol. The fourth-order valence-corrected chi connectivity index (χ4v) is 1.02. The largest absolute Gasteiger partial charge is 0.463 e. The van der Waals surface area contributed by atoms with Crippen molar-refractivity contribution in [1.82, 2.24) is 0 Å². The van der Waals surface area contributed by atoms with E-state index in [-0.39, 0.29) is 12.7 Å². The van der Waals surface area contributed by atoms with Gasteiger partial charge in [-0.05, 0) is 23.8 Å². The summed E-state index contributed by atoms with van der Waals surface area (Å²) < 4.78 is 54.8. The van der Waals surface area contributed by atoms with Crippen LogP contribution in [0.3, 0.4) is 0 Å². The normalized spacial score (nSPS) is 12.4. The molecule has 0 heterocycles. The van der Waals surface area contributed by atoms with Gasteiger partial charge in [0.1, 0.15) is 5.75 Å². The third kappa shape index (κ3) is 3.48. The van der Waals surface area contributed by atoms with Gasteiger partial charge in [-0.25, -0.2) is 0 Å². The third-order valence-electron chi connectivity index (χ3n) is 1.99. The van der Waals surface area contributed by atoms with Crippen molar-refractivity contribution in [3.05, 3.63) is 35.9 Å². The van der Waals surface area contributed by atoms with Crippen molar-refractivity contribution in [2.75, 3.05) is 0 Å². The molecule has 0 aromatic heterocycles. The number of hydrogen-bond donors (Lipinski definition) is 0. The summed E-state index contributed by atoms with van der Waals surface area (Å²) in [4.78, 5) is 0. The summed E-state index contributed by atoms with van der Waals surface area (Å²) in [7, 11) is 0. The van der Waals surface area contributed by atoms with Crippen LogP contribution in [-0.4, -0.2) is 12.0 Å². The Morgan fingerprint density at radius 2 is 1.72 bits per heavy atom. The molecular weight excluding hydrogens is 250 g/mol. The molecule has 0 spiro atoms. The van der Waals surface area contributed by atoms with E-state index in [0.717, 1.165) is 12.1 Å². The molecule has 0 N–H and O–H groups in total. The van der Waals surface area contributed by atoms with Crippen molar-refractivity contribution in [3.8, 4) is 11.8 Å². The first-order chi connectivity index (χ1) is 8.26. The van der Waals surface area contributed by atoms with Crippen molar-refractivity contribution < 1.29 is 22.3 Å². The minimum absolute atomic E-state index is 0.0804. The Labute approximate surface area is 101 Å². The van der Waals surface area contributed by atoms with Crippen molar-refractivity contribution in [1.29, 1.82) is 5.26 Å². The maximum atomic E-state index is 12.9. The number of alkyl halides is 4. The standard InChI is InChI=1S/C12H9F4NO/c1-11(13,14)12(15,16)18-10-6-4-9(5-7-10)3-2-8-17/h2-7H,1H3. The van der Waals surface area contributed by atoms with Crippen LogP contribution in [0.25, 0.3) is 6.08 Å². The molecule has 0 saturated carbocycles. The predicted molar refractivity (Wildman–Crippen MR) is 57.3 cm³/mol. The van der Waals surface area contributed by atoms with Gasteiger partial charge in [0, 0.05) is 13.0 Å². The molecule has 0 atom stereocenters. The molecule has 0 fully saturated rings. The number of allylic oxidation sites excluding steroid dienone is 1. The highest BCUT2D eigenvalue weighted by molar-refractivity contribution is 5.52. The summed E-state index contributed by atoms with van der Waals surface area (Å²) in [6.45, 7) is 0.0804. The summed E-state index contributed by atoms with van der Waals surface area (Å²) in [5.41, 5.74) is 0.565. The fraction of sp³-hybridized carbons (Fsp3) is 0.250. The first-order valence-corrected chi connectivity index (χ1v) is 4.87. The lowest BCUT2D eigenvalue weighted by Crippen LogP contribution is -2.42. The molecule has 0 aliphatic rings. The van der Waals surface area contributed by atoms with Crippen molar-refractivity contribution >= 4 is 6.08 Å². The number of halogens is 4. The van der Waals surface area contributed by atoms with Crippen LogP contribution in [0.4, 0.5) is 17.6 Å². The molecule has 1 aromatic carbocycles. The molecule has 0 bridgehead atoms. The van der Waals surface area contributed by atoms with E-state index in [1.165, 1.54) is 24.3 Å². The SMILES string of the molecule is CC(F)(F)C(F)(F)Oc1ccc(C=CC#N)cc1. The van der Waals surface area contributed by atoms with Crippen molar-refractivity contribution in [3.63, 3.8) is 0 Å². The highest BCUT2D eigenvalue weighted by atomic mass is 19.3. The molecule has 6 heteroatoms. The summed E-state index contributed by atoms with van der Waals surface area (Å²) in [5.74, 6) is -4.65. The summed E-state index contributed by atoms with van der Waals surface area (Å²) >= 11 is 0. The third-order valence-corrected chi connectivity index (χ3v) is 1.99. The van der Waals surface area contributed by atoms with Gasteiger partial charge >= 0.3 is 12.0 Å². The Kier molecular flexibility index (Phi) is 3.96. The summed E-state index contributed by atoms with van der Waals surface area (Å²) in [6.07, 6.45) is -1.93. The van der Waals surface area contributed by atoms with Gasteiger partial charge in [-0.1, -0.05) is 12.1 Å². The smallest absolute Gasteiger partial charge is 0.428 e. The Morgan fingerprint density at radius 3 is 2.17 bits per heavy atom. The molecule has 0 radical (unpaired) electrons. The van der Waals surface area contributed by atoms with E-state index in [1.54, 1.807) is 6.07 Å². The van der Waals surface area contributed by atoms with Gasteiger partial charge in [-0.3, -0.25) is 0 Å². The van der Waals surface area contributed by atoms with Crippen LogP contribution in [-0.2, 0) is 0 Å². The van der Waals surface area contributed by atoms with Gasteiger partial charge in [-0.2, -0.15) is 22.8 Å². The number of nitriles is 1.